The number of carbonyl (C=O) groups is 2. The van der Waals surface area contributed by atoms with Gasteiger partial charge in [0.25, 0.3) is 0 Å². The molecule has 1 saturated carbocycles. The number of anilines is 1. The van der Waals surface area contributed by atoms with Crippen LogP contribution in [0.25, 0.3) is 0 Å². The predicted molar refractivity (Wildman–Crippen MR) is 78.5 cm³/mol. The molecule has 1 aliphatic carbocycles. The third-order valence-electron chi connectivity index (χ3n) is 3.81. The van der Waals surface area contributed by atoms with Crippen molar-refractivity contribution in [3.05, 3.63) is 24.3 Å². The molecular weight excluding hydrogens is 272 g/mol. The van der Waals surface area contributed by atoms with E-state index >= 15 is 0 Å². The molecule has 6 nitrogen and oxygen atoms in total. The van der Waals surface area contributed by atoms with Crippen LogP contribution in [0.3, 0.4) is 0 Å². The van der Waals surface area contributed by atoms with Gasteiger partial charge in [-0.25, -0.2) is 0 Å². The second kappa shape index (κ2) is 6.58. The molecule has 6 heteroatoms. The number of carbonyl (C=O) groups excluding carboxylic acids is 1. The zero-order chi connectivity index (χ0) is 15.3. The number of rotatable bonds is 7. The minimum Gasteiger partial charge on any atom is -0.495 e. The number of methoxy groups -OCH3 is 1. The van der Waals surface area contributed by atoms with Gasteiger partial charge >= 0.3 is 5.97 Å². The minimum atomic E-state index is -0.834. The summed E-state index contributed by atoms with van der Waals surface area (Å²) in [6.45, 7) is 0.341. The summed E-state index contributed by atoms with van der Waals surface area (Å²) in [4.78, 5) is 23.1. The summed E-state index contributed by atoms with van der Waals surface area (Å²) in [5, 5.41) is 14.9. The first kappa shape index (κ1) is 15.3. The monoisotopic (exact) mass is 292 g/mol. The molecule has 1 aromatic rings. The van der Waals surface area contributed by atoms with Crippen LogP contribution in [0.4, 0.5) is 5.69 Å². The first-order chi connectivity index (χ1) is 10.1. The third kappa shape index (κ3) is 3.52. The summed E-state index contributed by atoms with van der Waals surface area (Å²) in [5.74, 6) is -0.412. The van der Waals surface area contributed by atoms with Crippen LogP contribution in [0.1, 0.15) is 25.7 Å². The average molecular weight is 292 g/mol. The lowest BCUT2D eigenvalue weighted by molar-refractivity contribution is -0.149. The highest BCUT2D eigenvalue weighted by Gasteiger charge is 2.43. The third-order valence-corrected chi connectivity index (χ3v) is 3.81. The van der Waals surface area contributed by atoms with E-state index in [-0.39, 0.29) is 12.3 Å². The molecule has 0 heterocycles. The van der Waals surface area contributed by atoms with Crippen LogP contribution in [0.5, 0.6) is 5.75 Å². The summed E-state index contributed by atoms with van der Waals surface area (Å²) < 4.78 is 5.15. The Bertz CT molecular complexity index is 526. The summed E-state index contributed by atoms with van der Waals surface area (Å²) in [5.41, 5.74) is -0.216. The number of amides is 1. The van der Waals surface area contributed by atoms with Crippen LogP contribution in [0.15, 0.2) is 24.3 Å². The fourth-order valence-corrected chi connectivity index (χ4v) is 2.37. The Labute approximate surface area is 123 Å². The van der Waals surface area contributed by atoms with E-state index in [1.807, 2.05) is 12.1 Å². The van der Waals surface area contributed by atoms with Crippen molar-refractivity contribution in [3.8, 4) is 5.75 Å². The smallest absolute Gasteiger partial charge is 0.323 e. The van der Waals surface area contributed by atoms with E-state index in [0.717, 1.165) is 6.42 Å². The van der Waals surface area contributed by atoms with E-state index in [4.69, 9.17) is 4.74 Å². The number of nitrogens with one attached hydrogen (secondary N) is 2. The number of para-hydroxylation sites is 2. The summed E-state index contributed by atoms with van der Waals surface area (Å²) in [6, 6.07) is 7.16. The van der Waals surface area contributed by atoms with Gasteiger partial charge in [0.2, 0.25) is 5.91 Å². The van der Waals surface area contributed by atoms with E-state index in [2.05, 4.69) is 10.6 Å². The van der Waals surface area contributed by atoms with Gasteiger partial charge in [0.05, 0.1) is 12.8 Å². The molecule has 0 bridgehead atoms. The van der Waals surface area contributed by atoms with Crippen molar-refractivity contribution in [3.63, 3.8) is 0 Å². The van der Waals surface area contributed by atoms with Gasteiger partial charge in [0.15, 0.2) is 0 Å². The van der Waals surface area contributed by atoms with Crippen LogP contribution < -0.4 is 15.4 Å². The number of carboxylic acid groups (broad SMARTS) is 1. The molecule has 1 amide bonds. The van der Waals surface area contributed by atoms with Crippen molar-refractivity contribution in [1.29, 1.82) is 0 Å². The van der Waals surface area contributed by atoms with Gasteiger partial charge in [-0.15, -0.1) is 0 Å². The first-order valence-electron chi connectivity index (χ1n) is 6.99. The number of aliphatic carboxylic acids is 1. The molecule has 0 atom stereocenters. The standard InChI is InChI=1S/C15H20N2O4/c1-21-12-6-3-2-5-11(12)17-13(18)7-10-16-15(14(19)20)8-4-9-15/h2-3,5-6,16H,4,7-10H2,1H3,(H,17,18)(H,19,20). The molecule has 0 aliphatic heterocycles. The number of ether oxygens (including phenoxy) is 1. The normalized spacial score (nSPS) is 15.9. The van der Waals surface area contributed by atoms with Gasteiger partial charge in [0.1, 0.15) is 11.3 Å². The molecule has 21 heavy (non-hydrogen) atoms. The maximum Gasteiger partial charge on any atom is 0.323 e. The van der Waals surface area contributed by atoms with Crippen molar-refractivity contribution in [2.45, 2.75) is 31.2 Å². The lowest BCUT2D eigenvalue weighted by Crippen LogP contribution is -2.57. The number of hydrogen-bond donors (Lipinski definition) is 3. The van der Waals surface area contributed by atoms with E-state index in [9.17, 15) is 14.7 Å². The first-order valence-corrected chi connectivity index (χ1v) is 6.99. The highest BCUT2D eigenvalue weighted by molar-refractivity contribution is 5.92. The zero-order valence-electron chi connectivity index (χ0n) is 12.0. The molecular formula is C15H20N2O4. The lowest BCUT2D eigenvalue weighted by Gasteiger charge is -2.38. The highest BCUT2D eigenvalue weighted by atomic mass is 16.5. The van der Waals surface area contributed by atoms with Crippen molar-refractivity contribution in [2.24, 2.45) is 0 Å². The Balaban J connectivity index is 1.81. The van der Waals surface area contributed by atoms with Crippen molar-refractivity contribution >= 4 is 17.6 Å². The molecule has 3 N–H and O–H groups in total. The zero-order valence-corrected chi connectivity index (χ0v) is 12.0. The van der Waals surface area contributed by atoms with Crippen LogP contribution >= 0.6 is 0 Å². The molecule has 0 aromatic heterocycles. The maximum absolute atomic E-state index is 11.9. The number of hydrogen-bond acceptors (Lipinski definition) is 4. The molecule has 1 aliphatic rings. The largest absolute Gasteiger partial charge is 0.495 e. The number of carboxylic acids is 1. The lowest BCUT2D eigenvalue weighted by atomic mass is 9.77. The number of benzene rings is 1. The second-order valence-corrected chi connectivity index (χ2v) is 5.17. The van der Waals surface area contributed by atoms with E-state index in [1.165, 1.54) is 0 Å². The molecule has 0 radical (unpaired) electrons. The Morgan fingerprint density at radius 1 is 1.33 bits per heavy atom. The Hall–Kier alpha value is -2.08. The van der Waals surface area contributed by atoms with E-state index in [0.29, 0.717) is 30.8 Å². The second-order valence-electron chi connectivity index (χ2n) is 5.17. The summed E-state index contributed by atoms with van der Waals surface area (Å²) >= 11 is 0. The van der Waals surface area contributed by atoms with Gasteiger partial charge < -0.3 is 20.5 Å². The Morgan fingerprint density at radius 3 is 2.62 bits per heavy atom. The molecule has 1 aromatic carbocycles. The van der Waals surface area contributed by atoms with Crippen molar-refractivity contribution in [1.82, 2.24) is 5.32 Å². The minimum absolute atomic E-state index is 0.174. The van der Waals surface area contributed by atoms with Crippen LogP contribution in [0, 0.1) is 0 Å². The fraction of sp³-hybridized carbons (Fsp3) is 0.467. The highest BCUT2D eigenvalue weighted by Crippen LogP contribution is 2.31. The molecule has 1 fully saturated rings. The van der Waals surface area contributed by atoms with Crippen molar-refractivity contribution < 1.29 is 19.4 Å². The molecule has 0 unspecified atom stereocenters. The average Bonchev–Trinajstić information content (AvgIpc) is 2.42. The Kier molecular flexibility index (Phi) is 4.80. The summed E-state index contributed by atoms with van der Waals surface area (Å²) in [7, 11) is 1.54. The molecule has 0 spiro atoms. The Morgan fingerprint density at radius 2 is 2.05 bits per heavy atom. The van der Waals surface area contributed by atoms with Gasteiger partial charge in [-0.3, -0.25) is 9.59 Å². The predicted octanol–water partition coefficient (Wildman–Crippen LogP) is 1.62. The van der Waals surface area contributed by atoms with Gasteiger partial charge in [0, 0.05) is 13.0 Å². The molecule has 0 saturated heterocycles. The van der Waals surface area contributed by atoms with Gasteiger partial charge in [-0.1, -0.05) is 12.1 Å². The van der Waals surface area contributed by atoms with Gasteiger partial charge in [-0.05, 0) is 31.4 Å². The van der Waals surface area contributed by atoms with Crippen molar-refractivity contribution in [2.75, 3.05) is 19.0 Å². The van der Waals surface area contributed by atoms with Crippen LogP contribution in [-0.2, 0) is 9.59 Å². The molecule has 114 valence electrons. The van der Waals surface area contributed by atoms with Crippen LogP contribution in [-0.4, -0.2) is 36.2 Å². The quantitative estimate of drug-likeness (QED) is 0.711. The van der Waals surface area contributed by atoms with E-state index < -0.39 is 11.5 Å². The topological polar surface area (TPSA) is 87.7 Å². The van der Waals surface area contributed by atoms with Crippen LogP contribution in [0.2, 0.25) is 0 Å². The fourth-order valence-electron chi connectivity index (χ4n) is 2.37. The SMILES string of the molecule is COc1ccccc1NC(=O)CCNC1(C(=O)O)CCC1. The molecule has 2 rings (SSSR count). The maximum atomic E-state index is 11.9. The summed E-state index contributed by atoms with van der Waals surface area (Å²) in [6.07, 6.45) is 2.37. The van der Waals surface area contributed by atoms with E-state index in [1.54, 1.807) is 19.2 Å². The van der Waals surface area contributed by atoms with Gasteiger partial charge in [-0.2, -0.15) is 0 Å².